The van der Waals surface area contributed by atoms with Gasteiger partial charge in [0.25, 0.3) is 0 Å². The summed E-state index contributed by atoms with van der Waals surface area (Å²) in [6.45, 7) is 2.76. The Hall–Kier alpha value is -1.82. The molecule has 0 unspecified atom stereocenters. The summed E-state index contributed by atoms with van der Waals surface area (Å²) in [5, 5.41) is 8.51. The molecule has 0 amide bonds. The molecule has 2 rings (SSSR count). The molecule has 0 radical (unpaired) electrons. The van der Waals surface area contributed by atoms with Gasteiger partial charge in [-0.3, -0.25) is 0 Å². The smallest absolute Gasteiger partial charge is 0.0958 e. The number of hydrogen-bond donors (Lipinski definition) is 0. The van der Waals surface area contributed by atoms with Crippen LogP contribution in [0.25, 0.3) is 11.0 Å². The summed E-state index contributed by atoms with van der Waals surface area (Å²) < 4.78 is 2.02. The van der Waals surface area contributed by atoms with Crippen molar-refractivity contribution in [3.8, 4) is 6.07 Å². The van der Waals surface area contributed by atoms with Crippen LogP contribution in [0.2, 0.25) is 0 Å². The predicted octanol–water partition coefficient (Wildman–Crippen LogP) is 2.26. The molecular formula is C11H11N3. The largest absolute Gasteiger partial charge is 0.330 e. The van der Waals surface area contributed by atoms with Crippen molar-refractivity contribution in [1.29, 1.82) is 5.26 Å². The van der Waals surface area contributed by atoms with Gasteiger partial charge in [-0.1, -0.05) is 12.1 Å². The van der Waals surface area contributed by atoms with Crippen molar-refractivity contribution in [2.45, 2.75) is 19.9 Å². The Morgan fingerprint density at radius 2 is 2.36 bits per heavy atom. The van der Waals surface area contributed by atoms with E-state index in [2.05, 4.69) is 11.1 Å². The standard InChI is InChI=1S/C11H11N3/c1-9-4-2-5-10-11(9)13-8-14(10)7-3-6-12/h2,4-5,8H,3,7H2,1H3. The van der Waals surface area contributed by atoms with Gasteiger partial charge in [0, 0.05) is 6.54 Å². The topological polar surface area (TPSA) is 41.6 Å². The van der Waals surface area contributed by atoms with Crippen LogP contribution in [0.1, 0.15) is 12.0 Å². The van der Waals surface area contributed by atoms with Gasteiger partial charge >= 0.3 is 0 Å². The Bertz CT molecular complexity index is 491. The zero-order valence-electron chi connectivity index (χ0n) is 8.07. The summed E-state index contributed by atoms with van der Waals surface area (Å²) in [6, 6.07) is 8.23. The van der Waals surface area contributed by atoms with Crippen LogP contribution in [0.3, 0.4) is 0 Å². The van der Waals surface area contributed by atoms with Crippen molar-refractivity contribution in [2.24, 2.45) is 0 Å². The maximum atomic E-state index is 8.51. The Balaban J connectivity index is 2.48. The molecule has 0 bridgehead atoms. The zero-order valence-corrected chi connectivity index (χ0v) is 8.07. The van der Waals surface area contributed by atoms with Gasteiger partial charge in [0.1, 0.15) is 0 Å². The number of nitriles is 1. The van der Waals surface area contributed by atoms with Crippen LogP contribution in [0.5, 0.6) is 0 Å². The van der Waals surface area contributed by atoms with Crippen molar-refractivity contribution < 1.29 is 0 Å². The van der Waals surface area contributed by atoms with Crippen LogP contribution in [-0.2, 0) is 6.54 Å². The third-order valence-electron chi connectivity index (χ3n) is 2.32. The minimum atomic E-state index is 0.527. The molecule has 1 aromatic heterocycles. The van der Waals surface area contributed by atoms with Crippen LogP contribution in [-0.4, -0.2) is 9.55 Å². The molecule has 0 atom stereocenters. The number of hydrogen-bond acceptors (Lipinski definition) is 2. The van der Waals surface area contributed by atoms with Crippen molar-refractivity contribution in [3.63, 3.8) is 0 Å². The first-order chi connectivity index (χ1) is 6.83. The summed E-state index contributed by atoms with van der Waals surface area (Å²) in [6.07, 6.45) is 2.33. The van der Waals surface area contributed by atoms with Gasteiger partial charge in [-0.25, -0.2) is 4.98 Å². The van der Waals surface area contributed by atoms with Crippen molar-refractivity contribution in [1.82, 2.24) is 9.55 Å². The Morgan fingerprint density at radius 1 is 1.50 bits per heavy atom. The lowest BCUT2D eigenvalue weighted by atomic mass is 10.2. The third-order valence-corrected chi connectivity index (χ3v) is 2.32. The zero-order chi connectivity index (χ0) is 9.97. The molecule has 0 spiro atoms. The summed E-state index contributed by atoms with van der Waals surface area (Å²) >= 11 is 0. The fourth-order valence-corrected chi connectivity index (χ4v) is 1.58. The molecule has 0 aliphatic carbocycles. The summed E-state index contributed by atoms with van der Waals surface area (Å²) in [5.74, 6) is 0. The van der Waals surface area contributed by atoms with E-state index in [1.54, 1.807) is 6.33 Å². The maximum Gasteiger partial charge on any atom is 0.0958 e. The Labute approximate surface area is 82.6 Å². The second kappa shape index (κ2) is 3.51. The average Bonchev–Trinajstić information content (AvgIpc) is 2.60. The lowest BCUT2D eigenvalue weighted by Crippen LogP contribution is -1.94. The van der Waals surface area contributed by atoms with E-state index in [9.17, 15) is 0 Å². The number of aromatic nitrogens is 2. The van der Waals surface area contributed by atoms with Gasteiger partial charge in [0.05, 0.1) is 29.9 Å². The van der Waals surface area contributed by atoms with Crippen LogP contribution in [0.15, 0.2) is 24.5 Å². The van der Waals surface area contributed by atoms with Crippen LogP contribution in [0.4, 0.5) is 0 Å². The molecule has 70 valence electrons. The van der Waals surface area contributed by atoms with Gasteiger partial charge in [-0.15, -0.1) is 0 Å². The van der Waals surface area contributed by atoms with E-state index in [0.29, 0.717) is 6.42 Å². The molecule has 3 heteroatoms. The number of aryl methyl sites for hydroxylation is 2. The van der Waals surface area contributed by atoms with E-state index in [0.717, 1.165) is 17.6 Å². The number of para-hydroxylation sites is 1. The molecule has 3 nitrogen and oxygen atoms in total. The first-order valence-corrected chi connectivity index (χ1v) is 4.60. The number of imidazole rings is 1. The number of fused-ring (bicyclic) bond motifs is 1. The van der Waals surface area contributed by atoms with Gasteiger partial charge in [0.2, 0.25) is 0 Å². The molecule has 1 aromatic carbocycles. The van der Waals surface area contributed by atoms with E-state index >= 15 is 0 Å². The second-order valence-corrected chi connectivity index (χ2v) is 3.29. The monoisotopic (exact) mass is 185 g/mol. The molecule has 0 aliphatic heterocycles. The molecule has 0 saturated carbocycles. The Kier molecular flexibility index (Phi) is 2.19. The van der Waals surface area contributed by atoms with E-state index in [1.807, 2.05) is 29.7 Å². The van der Waals surface area contributed by atoms with Crippen molar-refractivity contribution >= 4 is 11.0 Å². The molecule has 2 aromatic rings. The minimum absolute atomic E-state index is 0.527. The van der Waals surface area contributed by atoms with Crippen molar-refractivity contribution in [3.05, 3.63) is 30.1 Å². The molecule has 0 fully saturated rings. The van der Waals surface area contributed by atoms with Gasteiger partial charge in [0.15, 0.2) is 0 Å². The lowest BCUT2D eigenvalue weighted by molar-refractivity contribution is 0.736. The second-order valence-electron chi connectivity index (χ2n) is 3.29. The molecule has 0 N–H and O–H groups in total. The fourth-order valence-electron chi connectivity index (χ4n) is 1.58. The molecular weight excluding hydrogens is 174 g/mol. The average molecular weight is 185 g/mol. The van der Waals surface area contributed by atoms with Crippen LogP contribution in [0, 0.1) is 18.3 Å². The molecule has 0 saturated heterocycles. The highest BCUT2D eigenvalue weighted by Gasteiger charge is 2.03. The Morgan fingerprint density at radius 3 is 3.14 bits per heavy atom. The highest BCUT2D eigenvalue weighted by molar-refractivity contribution is 5.78. The van der Waals surface area contributed by atoms with Gasteiger partial charge < -0.3 is 4.57 Å². The lowest BCUT2D eigenvalue weighted by Gasteiger charge is -2.00. The van der Waals surface area contributed by atoms with Crippen molar-refractivity contribution in [2.75, 3.05) is 0 Å². The van der Waals surface area contributed by atoms with E-state index < -0.39 is 0 Å². The summed E-state index contributed by atoms with van der Waals surface area (Å²) in [4.78, 5) is 4.32. The fraction of sp³-hybridized carbons (Fsp3) is 0.273. The van der Waals surface area contributed by atoms with E-state index in [4.69, 9.17) is 5.26 Å². The van der Waals surface area contributed by atoms with E-state index in [1.165, 1.54) is 5.56 Å². The van der Waals surface area contributed by atoms with Crippen LogP contribution >= 0.6 is 0 Å². The normalized spacial score (nSPS) is 10.3. The summed E-state index contributed by atoms with van der Waals surface area (Å²) in [7, 11) is 0. The SMILES string of the molecule is Cc1cccc2c1ncn2CCC#N. The van der Waals surface area contributed by atoms with Gasteiger partial charge in [-0.2, -0.15) is 5.26 Å². The molecule has 14 heavy (non-hydrogen) atoms. The number of rotatable bonds is 2. The first kappa shape index (κ1) is 8.76. The number of nitrogens with zero attached hydrogens (tertiary/aromatic N) is 3. The van der Waals surface area contributed by atoms with Gasteiger partial charge in [-0.05, 0) is 18.6 Å². The predicted molar refractivity (Wildman–Crippen MR) is 54.7 cm³/mol. The minimum Gasteiger partial charge on any atom is -0.330 e. The van der Waals surface area contributed by atoms with Crippen LogP contribution < -0.4 is 0 Å². The quantitative estimate of drug-likeness (QED) is 0.720. The third kappa shape index (κ3) is 1.35. The first-order valence-electron chi connectivity index (χ1n) is 4.60. The maximum absolute atomic E-state index is 8.51. The highest BCUT2D eigenvalue weighted by Crippen LogP contribution is 2.16. The highest BCUT2D eigenvalue weighted by atomic mass is 15.0. The summed E-state index contributed by atoms with van der Waals surface area (Å²) in [5.41, 5.74) is 3.32. The molecule has 0 aliphatic rings. The molecule has 1 heterocycles. The van der Waals surface area contributed by atoms with E-state index in [-0.39, 0.29) is 0 Å². The number of benzene rings is 1.